The summed E-state index contributed by atoms with van der Waals surface area (Å²) in [7, 11) is 0. The predicted octanol–water partition coefficient (Wildman–Crippen LogP) is 3.88. The third-order valence-electron chi connectivity index (χ3n) is 3.72. The van der Waals surface area contributed by atoms with Crippen molar-refractivity contribution in [3.63, 3.8) is 0 Å². The Morgan fingerprint density at radius 1 is 1.09 bits per heavy atom. The largest absolute Gasteiger partial charge is 0.319 e. The van der Waals surface area contributed by atoms with Gasteiger partial charge >= 0.3 is 0 Å². The lowest BCUT2D eigenvalue weighted by molar-refractivity contribution is 0.102. The molecule has 2 aromatic carbocycles. The van der Waals surface area contributed by atoms with E-state index in [-0.39, 0.29) is 11.7 Å². The van der Waals surface area contributed by atoms with Crippen molar-refractivity contribution < 1.29 is 9.18 Å². The number of aryl methyl sites for hydroxylation is 1. The number of halogens is 1. The van der Waals surface area contributed by atoms with Crippen molar-refractivity contribution >= 4 is 11.6 Å². The van der Waals surface area contributed by atoms with Crippen LogP contribution in [0.5, 0.6) is 0 Å². The Hall–Kier alpha value is -2.95. The quantitative estimate of drug-likeness (QED) is 0.798. The minimum Gasteiger partial charge on any atom is -0.319 e. The number of amides is 1. The van der Waals surface area contributed by atoms with Gasteiger partial charge in [0.15, 0.2) is 0 Å². The number of hydrogen-bond acceptors (Lipinski definition) is 2. The Kier molecular flexibility index (Phi) is 3.93. The number of nitrogens with one attached hydrogen (secondary N) is 1. The van der Waals surface area contributed by atoms with Gasteiger partial charge in [-0.2, -0.15) is 5.10 Å². The topological polar surface area (TPSA) is 46.9 Å². The molecule has 4 nitrogen and oxygen atoms in total. The summed E-state index contributed by atoms with van der Waals surface area (Å²) in [5, 5.41) is 7.14. The summed E-state index contributed by atoms with van der Waals surface area (Å²) in [6.45, 7) is 3.74. The highest BCUT2D eigenvalue weighted by atomic mass is 19.1. The molecule has 3 aromatic rings. The third-order valence-corrected chi connectivity index (χ3v) is 3.72. The van der Waals surface area contributed by atoms with Gasteiger partial charge in [-0.15, -0.1) is 0 Å². The maximum Gasteiger partial charge on any atom is 0.256 e. The maximum absolute atomic E-state index is 13.0. The Balaban J connectivity index is 1.86. The molecular weight excluding hydrogens is 293 g/mol. The molecule has 0 saturated carbocycles. The van der Waals surface area contributed by atoms with Crippen LogP contribution in [0.15, 0.2) is 54.7 Å². The fraction of sp³-hybridized carbons (Fsp3) is 0.111. The zero-order valence-electron chi connectivity index (χ0n) is 12.9. The molecule has 0 aliphatic heterocycles. The van der Waals surface area contributed by atoms with Crippen LogP contribution < -0.4 is 5.32 Å². The van der Waals surface area contributed by atoms with E-state index in [0.717, 1.165) is 16.9 Å². The van der Waals surface area contributed by atoms with E-state index in [4.69, 9.17) is 0 Å². The molecular formula is C18H16FN3O. The molecule has 0 atom stereocenters. The second-order valence-electron chi connectivity index (χ2n) is 5.30. The lowest BCUT2D eigenvalue weighted by Gasteiger charge is -2.08. The van der Waals surface area contributed by atoms with Crippen molar-refractivity contribution in [3.05, 3.63) is 77.4 Å². The SMILES string of the molecule is Cc1ccccc1C(=O)Nc1cnn(-c2ccc(F)cc2)c1C. The van der Waals surface area contributed by atoms with Crippen molar-refractivity contribution in [2.45, 2.75) is 13.8 Å². The molecule has 116 valence electrons. The van der Waals surface area contributed by atoms with E-state index in [9.17, 15) is 9.18 Å². The van der Waals surface area contributed by atoms with E-state index >= 15 is 0 Å². The van der Waals surface area contributed by atoms with E-state index in [1.54, 1.807) is 29.1 Å². The first kappa shape index (κ1) is 15.0. The van der Waals surface area contributed by atoms with E-state index in [2.05, 4.69) is 10.4 Å². The fourth-order valence-electron chi connectivity index (χ4n) is 2.39. The van der Waals surface area contributed by atoms with Crippen molar-refractivity contribution in [2.24, 2.45) is 0 Å². The predicted molar refractivity (Wildman–Crippen MR) is 87.4 cm³/mol. The molecule has 0 spiro atoms. The third kappa shape index (κ3) is 2.99. The van der Waals surface area contributed by atoms with Gasteiger partial charge in [0.25, 0.3) is 5.91 Å². The van der Waals surface area contributed by atoms with Crippen molar-refractivity contribution in [1.82, 2.24) is 9.78 Å². The average Bonchev–Trinajstić information content (AvgIpc) is 2.89. The van der Waals surface area contributed by atoms with E-state index in [1.165, 1.54) is 12.1 Å². The van der Waals surface area contributed by atoms with Gasteiger partial charge in [0.1, 0.15) is 5.82 Å². The molecule has 0 unspecified atom stereocenters. The van der Waals surface area contributed by atoms with Gasteiger partial charge in [0, 0.05) is 5.56 Å². The van der Waals surface area contributed by atoms with Crippen molar-refractivity contribution in [2.75, 3.05) is 5.32 Å². The van der Waals surface area contributed by atoms with E-state index < -0.39 is 0 Å². The first-order valence-corrected chi connectivity index (χ1v) is 7.24. The van der Waals surface area contributed by atoms with Gasteiger partial charge < -0.3 is 5.32 Å². The summed E-state index contributed by atoms with van der Waals surface area (Å²) in [6.07, 6.45) is 1.59. The minimum absolute atomic E-state index is 0.176. The highest BCUT2D eigenvalue weighted by Gasteiger charge is 2.13. The first-order valence-electron chi connectivity index (χ1n) is 7.24. The average molecular weight is 309 g/mol. The van der Waals surface area contributed by atoms with Crippen LogP contribution in [-0.2, 0) is 0 Å². The Morgan fingerprint density at radius 2 is 1.78 bits per heavy atom. The van der Waals surface area contributed by atoms with Crippen LogP contribution in [0.2, 0.25) is 0 Å². The number of nitrogens with zero attached hydrogens (tertiary/aromatic N) is 2. The number of carbonyl (C=O) groups is 1. The summed E-state index contributed by atoms with van der Waals surface area (Å²) in [5.74, 6) is -0.475. The highest BCUT2D eigenvalue weighted by Crippen LogP contribution is 2.20. The molecule has 1 heterocycles. The molecule has 1 N–H and O–H groups in total. The highest BCUT2D eigenvalue weighted by molar-refractivity contribution is 6.05. The summed E-state index contributed by atoms with van der Waals surface area (Å²) >= 11 is 0. The van der Waals surface area contributed by atoms with Gasteiger partial charge in [-0.3, -0.25) is 4.79 Å². The standard InChI is InChI=1S/C18H16FN3O/c1-12-5-3-4-6-16(12)18(23)21-17-11-20-22(13(17)2)15-9-7-14(19)8-10-15/h3-11H,1-2H3,(H,21,23). The smallest absolute Gasteiger partial charge is 0.256 e. The molecule has 23 heavy (non-hydrogen) atoms. The summed E-state index contributed by atoms with van der Waals surface area (Å²) in [6, 6.07) is 13.4. The van der Waals surface area contributed by atoms with E-state index in [1.807, 2.05) is 32.0 Å². The molecule has 0 fully saturated rings. The van der Waals surface area contributed by atoms with Crippen LogP contribution in [0.3, 0.4) is 0 Å². The number of anilines is 1. The number of hydrogen-bond donors (Lipinski definition) is 1. The summed E-state index contributed by atoms with van der Waals surface area (Å²) in [4.78, 5) is 12.4. The molecule has 1 amide bonds. The second kappa shape index (κ2) is 6.04. The van der Waals surface area contributed by atoms with Crippen molar-refractivity contribution in [1.29, 1.82) is 0 Å². The van der Waals surface area contributed by atoms with Gasteiger partial charge in [0.05, 0.1) is 23.3 Å². The molecule has 0 radical (unpaired) electrons. The maximum atomic E-state index is 13.0. The zero-order chi connectivity index (χ0) is 16.4. The first-order chi connectivity index (χ1) is 11.1. The van der Waals surface area contributed by atoms with Crippen LogP contribution >= 0.6 is 0 Å². The fourth-order valence-corrected chi connectivity index (χ4v) is 2.39. The molecule has 0 aliphatic carbocycles. The number of rotatable bonds is 3. The minimum atomic E-state index is -0.299. The molecule has 0 saturated heterocycles. The van der Waals surface area contributed by atoms with E-state index in [0.29, 0.717) is 11.3 Å². The summed E-state index contributed by atoms with van der Waals surface area (Å²) < 4.78 is 14.7. The molecule has 5 heteroatoms. The Morgan fingerprint density at radius 3 is 2.48 bits per heavy atom. The van der Waals surface area contributed by atoms with Crippen LogP contribution in [0.1, 0.15) is 21.6 Å². The van der Waals surface area contributed by atoms with Gasteiger partial charge in [-0.25, -0.2) is 9.07 Å². The lowest BCUT2D eigenvalue weighted by Crippen LogP contribution is -2.13. The number of carbonyl (C=O) groups excluding carboxylic acids is 1. The molecule has 0 bridgehead atoms. The van der Waals surface area contributed by atoms with Gasteiger partial charge in [-0.1, -0.05) is 18.2 Å². The molecule has 1 aromatic heterocycles. The Bertz CT molecular complexity index is 853. The normalized spacial score (nSPS) is 10.6. The van der Waals surface area contributed by atoms with Gasteiger partial charge in [0.2, 0.25) is 0 Å². The van der Waals surface area contributed by atoms with Crippen LogP contribution in [0, 0.1) is 19.7 Å². The molecule has 0 aliphatic rings. The van der Waals surface area contributed by atoms with Crippen LogP contribution in [0.4, 0.5) is 10.1 Å². The molecule has 3 rings (SSSR count). The monoisotopic (exact) mass is 309 g/mol. The number of aromatic nitrogens is 2. The van der Waals surface area contributed by atoms with Crippen LogP contribution in [0.25, 0.3) is 5.69 Å². The Labute approximate surface area is 133 Å². The van der Waals surface area contributed by atoms with Crippen LogP contribution in [-0.4, -0.2) is 15.7 Å². The lowest BCUT2D eigenvalue weighted by atomic mass is 10.1. The summed E-state index contributed by atoms with van der Waals surface area (Å²) in [5.41, 5.74) is 3.68. The van der Waals surface area contributed by atoms with Gasteiger partial charge in [-0.05, 0) is 49.7 Å². The van der Waals surface area contributed by atoms with Crippen molar-refractivity contribution in [3.8, 4) is 5.69 Å². The second-order valence-corrected chi connectivity index (χ2v) is 5.30. The zero-order valence-corrected chi connectivity index (χ0v) is 12.9. The number of benzene rings is 2.